The largest absolute Gasteiger partial charge is 0.497 e. The Kier molecular flexibility index (Phi) is 9.10. The molecule has 12 nitrogen and oxygen atoms in total. The second-order valence-electron chi connectivity index (χ2n) is 10.9. The van der Waals surface area contributed by atoms with Crippen molar-refractivity contribution in [2.24, 2.45) is 0 Å². The summed E-state index contributed by atoms with van der Waals surface area (Å²) in [6, 6.07) is 14.1. The molecule has 3 aliphatic rings. The number of anilines is 5. The van der Waals surface area contributed by atoms with Crippen molar-refractivity contribution in [1.29, 1.82) is 0 Å². The molecule has 1 amide bonds. The van der Waals surface area contributed by atoms with Gasteiger partial charge in [0, 0.05) is 50.8 Å². The SMILES string of the molecule is C=CC(=O)Nc1cc(Nc2cc(N3OCC[C@@H]3c3cccc(OC)c3)ncn2)c(OC)cc1N1CC[C@H](N2CCOCC2)C1. The molecule has 232 valence electrons. The Morgan fingerprint density at radius 1 is 1.02 bits per heavy atom. The van der Waals surface area contributed by atoms with Gasteiger partial charge >= 0.3 is 0 Å². The van der Waals surface area contributed by atoms with Crippen molar-refractivity contribution in [2.45, 2.75) is 24.9 Å². The lowest BCUT2D eigenvalue weighted by molar-refractivity contribution is -0.111. The van der Waals surface area contributed by atoms with Crippen LogP contribution in [0.5, 0.6) is 11.5 Å². The van der Waals surface area contributed by atoms with Gasteiger partial charge in [0.2, 0.25) is 5.91 Å². The van der Waals surface area contributed by atoms with Gasteiger partial charge in [-0.15, -0.1) is 0 Å². The summed E-state index contributed by atoms with van der Waals surface area (Å²) in [5.41, 5.74) is 3.29. The molecular formula is C32H39N7O5. The van der Waals surface area contributed by atoms with Crippen molar-refractivity contribution in [3.63, 3.8) is 0 Å². The number of carbonyl (C=O) groups is 1. The van der Waals surface area contributed by atoms with Crippen molar-refractivity contribution in [1.82, 2.24) is 14.9 Å². The van der Waals surface area contributed by atoms with Crippen molar-refractivity contribution in [3.8, 4) is 11.5 Å². The van der Waals surface area contributed by atoms with Crippen LogP contribution in [-0.2, 0) is 14.4 Å². The van der Waals surface area contributed by atoms with Gasteiger partial charge in [0.1, 0.15) is 23.6 Å². The molecular weight excluding hydrogens is 562 g/mol. The van der Waals surface area contributed by atoms with Crippen LogP contribution in [0.15, 0.2) is 61.4 Å². The summed E-state index contributed by atoms with van der Waals surface area (Å²) in [5.74, 6) is 2.30. The molecule has 3 saturated heterocycles. The van der Waals surface area contributed by atoms with Gasteiger partial charge in [-0.3, -0.25) is 14.5 Å². The highest BCUT2D eigenvalue weighted by Crippen LogP contribution is 2.41. The van der Waals surface area contributed by atoms with Gasteiger partial charge in [-0.1, -0.05) is 18.7 Å². The Hall–Kier alpha value is -4.39. The molecule has 3 fully saturated rings. The molecule has 0 saturated carbocycles. The molecule has 2 atom stereocenters. The minimum absolute atomic E-state index is 0.0239. The molecule has 0 aliphatic carbocycles. The number of hydrogen-bond acceptors (Lipinski definition) is 11. The molecule has 0 radical (unpaired) electrons. The first kappa shape index (κ1) is 29.7. The van der Waals surface area contributed by atoms with Crippen LogP contribution in [0.4, 0.5) is 28.7 Å². The number of nitrogens with one attached hydrogen (secondary N) is 2. The maximum Gasteiger partial charge on any atom is 0.247 e. The maximum absolute atomic E-state index is 12.5. The molecule has 0 spiro atoms. The zero-order valence-electron chi connectivity index (χ0n) is 25.2. The summed E-state index contributed by atoms with van der Waals surface area (Å²) in [6.45, 7) is 9.34. The van der Waals surface area contributed by atoms with Crippen LogP contribution >= 0.6 is 0 Å². The fourth-order valence-corrected chi connectivity index (χ4v) is 6.10. The van der Waals surface area contributed by atoms with E-state index in [1.807, 2.05) is 41.5 Å². The second kappa shape index (κ2) is 13.5. The van der Waals surface area contributed by atoms with E-state index in [9.17, 15) is 4.79 Å². The highest BCUT2D eigenvalue weighted by atomic mass is 16.7. The van der Waals surface area contributed by atoms with Crippen LogP contribution in [0.2, 0.25) is 0 Å². The second-order valence-corrected chi connectivity index (χ2v) is 10.9. The number of carbonyl (C=O) groups excluding carboxylic acids is 1. The standard InChI is InChI=1S/C32H39N7O5/c1-4-32(40)36-25-17-26(29(42-3)18-28(25)38-10-8-23(20-38)37-11-14-43-15-12-37)35-30-19-31(34-21-33-30)39-27(9-13-44-39)22-6-5-7-24(16-22)41-2/h4-7,16-19,21,23,27H,1,8-15,20H2,2-3H3,(H,36,40)(H,33,34,35)/t23-,27+/m0/s1. The van der Waals surface area contributed by atoms with Gasteiger partial charge in [-0.25, -0.2) is 15.0 Å². The number of ether oxygens (including phenoxy) is 3. The highest BCUT2D eigenvalue weighted by molar-refractivity contribution is 6.02. The lowest BCUT2D eigenvalue weighted by Crippen LogP contribution is -2.44. The monoisotopic (exact) mass is 601 g/mol. The molecule has 6 rings (SSSR count). The molecule has 3 aliphatic heterocycles. The predicted molar refractivity (Wildman–Crippen MR) is 169 cm³/mol. The topological polar surface area (TPSA) is 114 Å². The summed E-state index contributed by atoms with van der Waals surface area (Å²) in [7, 11) is 3.29. The predicted octanol–water partition coefficient (Wildman–Crippen LogP) is 4.16. The number of benzene rings is 2. The number of nitrogens with zero attached hydrogens (tertiary/aromatic N) is 5. The zero-order valence-corrected chi connectivity index (χ0v) is 25.2. The van der Waals surface area contributed by atoms with E-state index in [1.54, 1.807) is 14.2 Å². The summed E-state index contributed by atoms with van der Waals surface area (Å²) in [4.78, 5) is 32.3. The number of morpholine rings is 1. The maximum atomic E-state index is 12.5. The van der Waals surface area contributed by atoms with E-state index in [2.05, 4.69) is 43.0 Å². The van der Waals surface area contributed by atoms with E-state index >= 15 is 0 Å². The molecule has 1 aromatic heterocycles. The Morgan fingerprint density at radius 3 is 2.68 bits per heavy atom. The quantitative estimate of drug-likeness (QED) is 0.327. The van der Waals surface area contributed by atoms with Crippen molar-refractivity contribution < 1.29 is 23.8 Å². The third-order valence-electron chi connectivity index (χ3n) is 8.35. The fraction of sp³-hybridized carbons (Fsp3) is 0.406. The van der Waals surface area contributed by atoms with Crippen LogP contribution in [0, 0.1) is 0 Å². The average Bonchev–Trinajstić information content (AvgIpc) is 3.76. The summed E-state index contributed by atoms with van der Waals surface area (Å²) in [5, 5.41) is 8.19. The van der Waals surface area contributed by atoms with Crippen LogP contribution in [0.1, 0.15) is 24.4 Å². The van der Waals surface area contributed by atoms with Crippen molar-refractivity contribution in [2.75, 3.05) is 80.8 Å². The van der Waals surface area contributed by atoms with E-state index in [0.29, 0.717) is 41.4 Å². The number of aromatic nitrogens is 2. The number of hydrogen-bond donors (Lipinski definition) is 2. The first-order chi connectivity index (χ1) is 21.6. The van der Waals surface area contributed by atoms with E-state index in [-0.39, 0.29) is 11.9 Å². The minimum Gasteiger partial charge on any atom is -0.497 e. The Labute approximate surface area is 257 Å². The first-order valence-corrected chi connectivity index (χ1v) is 14.9. The van der Waals surface area contributed by atoms with Crippen molar-refractivity contribution >= 4 is 34.6 Å². The smallest absolute Gasteiger partial charge is 0.247 e. The van der Waals surface area contributed by atoms with Gasteiger partial charge in [-0.05, 0) is 36.3 Å². The number of hydroxylamine groups is 1. The molecule has 4 heterocycles. The van der Waals surface area contributed by atoms with Gasteiger partial charge in [0.05, 0.1) is 57.1 Å². The Balaban J connectivity index is 1.26. The summed E-state index contributed by atoms with van der Waals surface area (Å²) < 4.78 is 16.8. The first-order valence-electron chi connectivity index (χ1n) is 14.9. The molecule has 12 heteroatoms. The molecule has 2 aromatic carbocycles. The molecule has 0 bridgehead atoms. The highest BCUT2D eigenvalue weighted by Gasteiger charge is 2.32. The summed E-state index contributed by atoms with van der Waals surface area (Å²) in [6.07, 6.45) is 4.62. The zero-order chi connectivity index (χ0) is 30.5. The van der Waals surface area contributed by atoms with Crippen LogP contribution in [-0.4, -0.2) is 87.0 Å². The lowest BCUT2D eigenvalue weighted by Gasteiger charge is -2.32. The molecule has 44 heavy (non-hydrogen) atoms. The van der Waals surface area contributed by atoms with E-state index in [0.717, 1.165) is 69.2 Å². The number of methoxy groups -OCH3 is 2. The third kappa shape index (κ3) is 6.42. The van der Waals surface area contributed by atoms with E-state index in [1.165, 1.54) is 12.4 Å². The number of rotatable bonds is 10. The number of amides is 1. The molecule has 2 N–H and O–H groups in total. The molecule has 3 aromatic rings. The Morgan fingerprint density at radius 2 is 1.89 bits per heavy atom. The van der Waals surface area contributed by atoms with E-state index in [4.69, 9.17) is 19.0 Å². The molecule has 0 unspecified atom stereocenters. The third-order valence-corrected chi connectivity index (χ3v) is 8.35. The van der Waals surface area contributed by atoms with Gasteiger partial charge < -0.3 is 29.7 Å². The normalized spacial score (nSPS) is 20.4. The summed E-state index contributed by atoms with van der Waals surface area (Å²) >= 11 is 0. The van der Waals surface area contributed by atoms with Gasteiger partial charge in [-0.2, -0.15) is 0 Å². The van der Waals surface area contributed by atoms with Crippen LogP contribution < -0.4 is 30.1 Å². The van der Waals surface area contributed by atoms with Crippen molar-refractivity contribution in [3.05, 3.63) is 67.0 Å². The van der Waals surface area contributed by atoms with Gasteiger partial charge in [0.25, 0.3) is 0 Å². The average molecular weight is 602 g/mol. The lowest BCUT2D eigenvalue weighted by atomic mass is 10.0. The fourth-order valence-electron chi connectivity index (χ4n) is 6.10. The van der Waals surface area contributed by atoms with E-state index < -0.39 is 0 Å². The van der Waals surface area contributed by atoms with Gasteiger partial charge in [0.15, 0.2) is 5.82 Å². The van der Waals surface area contributed by atoms with Crippen LogP contribution in [0.3, 0.4) is 0 Å². The minimum atomic E-state index is -0.287. The Bertz CT molecular complexity index is 1480. The van der Waals surface area contributed by atoms with Crippen LogP contribution in [0.25, 0.3) is 0 Å².